The molecule has 3 fully saturated rings. The van der Waals surface area contributed by atoms with Gasteiger partial charge in [0, 0.05) is 42.2 Å². The van der Waals surface area contributed by atoms with Crippen molar-refractivity contribution in [2.45, 2.75) is 147 Å². The monoisotopic (exact) mass is 911 g/mol. The Morgan fingerprint density at radius 1 is 1.02 bits per heavy atom. The third kappa shape index (κ3) is 9.71. The van der Waals surface area contributed by atoms with Crippen molar-refractivity contribution < 1.29 is 37.1 Å². The van der Waals surface area contributed by atoms with Crippen LogP contribution in [0.2, 0.25) is 0 Å². The maximum atomic E-state index is 14.9. The molecule has 64 heavy (non-hydrogen) atoms. The molecule has 2 amide bonds. The van der Waals surface area contributed by atoms with Gasteiger partial charge < -0.3 is 14.4 Å². The van der Waals surface area contributed by atoms with E-state index < -0.39 is 55.7 Å². The van der Waals surface area contributed by atoms with Crippen LogP contribution in [0.3, 0.4) is 0 Å². The highest BCUT2D eigenvalue weighted by Gasteiger charge is 2.62. The summed E-state index contributed by atoms with van der Waals surface area (Å²) in [5, 5.41) is 2.91. The molecule has 1 N–H and O–H groups in total. The molecule has 2 saturated carbocycles. The van der Waals surface area contributed by atoms with E-state index in [9.17, 15) is 27.6 Å². The fourth-order valence-electron chi connectivity index (χ4n) is 9.32. The predicted octanol–water partition coefficient (Wildman–Crippen LogP) is 8.51. The Labute approximate surface area is 380 Å². The van der Waals surface area contributed by atoms with Gasteiger partial charge in [-0.2, -0.15) is 4.98 Å². The van der Waals surface area contributed by atoms with Crippen molar-refractivity contribution in [2.24, 2.45) is 17.3 Å². The molecule has 0 unspecified atom stereocenters. The highest BCUT2D eigenvalue weighted by molar-refractivity contribution is 7.91. The minimum atomic E-state index is -3.96. The van der Waals surface area contributed by atoms with E-state index in [1.807, 2.05) is 67.0 Å². The molecule has 2 aromatic carbocycles. The number of thiazole rings is 1. The van der Waals surface area contributed by atoms with Gasteiger partial charge in [-0.15, -0.1) is 11.3 Å². The minimum Gasteiger partial charge on any atom is -0.460 e. The summed E-state index contributed by atoms with van der Waals surface area (Å²) >= 11 is 1.56. The van der Waals surface area contributed by atoms with Crippen LogP contribution in [0.15, 0.2) is 66.1 Å². The summed E-state index contributed by atoms with van der Waals surface area (Å²) in [6.45, 7) is 11.1. The average Bonchev–Trinajstić information content (AvgIpc) is 3.92. The number of carbonyl (C=O) groups is 4. The number of hydrogen-bond donors (Lipinski definition) is 1. The van der Waals surface area contributed by atoms with Gasteiger partial charge in [0.25, 0.3) is 6.01 Å². The Morgan fingerprint density at radius 2 is 1.78 bits per heavy atom. The number of amides is 2. The average molecular weight is 912 g/mol. The molecule has 15 heteroatoms. The Balaban J connectivity index is 1.11. The number of nitrogens with one attached hydrogen (secondary N) is 1. The first-order valence-electron chi connectivity index (χ1n) is 22.8. The number of benzene rings is 2. The van der Waals surface area contributed by atoms with Crippen LogP contribution in [-0.4, -0.2) is 80.5 Å². The lowest BCUT2D eigenvalue weighted by atomic mass is 9.90. The van der Waals surface area contributed by atoms with Gasteiger partial charge >= 0.3 is 5.97 Å². The number of rotatable bonds is 11. The molecule has 0 radical (unpaired) electrons. The van der Waals surface area contributed by atoms with Crippen LogP contribution in [0.1, 0.15) is 129 Å². The number of allylic oxidation sites excluding steroid dienone is 2. The zero-order valence-electron chi connectivity index (χ0n) is 37.8. The number of fused-ring (bicyclic) bond motifs is 3. The third-order valence-electron chi connectivity index (χ3n) is 13.3. The molecule has 0 bridgehead atoms. The van der Waals surface area contributed by atoms with E-state index in [-0.39, 0.29) is 49.5 Å². The fraction of sp³-hybridized carbons (Fsp3) is 0.551. The lowest BCUT2D eigenvalue weighted by Crippen LogP contribution is -2.47. The van der Waals surface area contributed by atoms with E-state index in [2.05, 4.69) is 22.2 Å². The number of aromatic nitrogens is 3. The molecule has 13 nitrogen and oxygen atoms in total. The van der Waals surface area contributed by atoms with Crippen molar-refractivity contribution in [3.8, 4) is 16.6 Å². The van der Waals surface area contributed by atoms with E-state index in [0.717, 1.165) is 46.6 Å². The van der Waals surface area contributed by atoms with Crippen LogP contribution in [-0.2, 0) is 40.4 Å². The normalized spacial score (nSPS) is 25.5. The van der Waals surface area contributed by atoms with Crippen LogP contribution < -0.4 is 9.46 Å². The standard InChI is InChI=1S/C49H61N5O8S2/c1-31(2)54-38-21-15-20-37(43-50-35(30-63-43)24-32-16-11-10-12-17-32)42(38)51-46(54)61-36-26-39-40(55)28-49(45(58)52-64(59,60)48(6)22-23-48)27-34(49)19-14-9-7-8-13-18-33(44(57)53(39)29-36)25-41(56)62-47(3,4)5/h10-12,14-17,19-21,30-31,33-34,36,39H,7-9,13,18,22-29H2,1-6H3,(H,52,58)/b19-14-/t33-,34+,36-,39+,49-/m1/s1. The summed E-state index contributed by atoms with van der Waals surface area (Å²) in [4.78, 5) is 68.7. The first-order valence-corrected chi connectivity index (χ1v) is 25.2. The highest BCUT2D eigenvalue weighted by Crippen LogP contribution is 2.57. The maximum Gasteiger partial charge on any atom is 0.307 e. The molecule has 0 spiro atoms. The number of ketones is 1. The molecule has 342 valence electrons. The van der Waals surface area contributed by atoms with Crippen molar-refractivity contribution in [1.82, 2.24) is 24.2 Å². The second kappa shape index (κ2) is 17.8. The molecular formula is C49H61N5O8S2. The number of esters is 1. The fourth-order valence-corrected chi connectivity index (χ4v) is 11.5. The third-order valence-corrected chi connectivity index (χ3v) is 16.4. The number of Topliss-reactive ketones (excluding diaryl/α,β-unsaturated/α-hetero) is 1. The van der Waals surface area contributed by atoms with Crippen LogP contribution in [0.25, 0.3) is 21.6 Å². The number of hydrogen-bond acceptors (Lipinski definition) is 11. The molecule has 5 atom stereocenters. The summed E-state index contributed by atoms with van der Waals surface area (Å²) in [6, 6.07) is 15.5. The SMILES string of the molecule is CC(C)n1c(O[C@@H]2C[C@H]3C(=O)C[C@]4(C(=O)NS(=O)(=O)C5(C)CC5)C[C@@H]4/C=C\CCCCC[C@H](CC(=O)OC(C)(C)C)C(=O)N3C2)nc2c(-c3nc(Cc4ccccc4)cs3)cccc21. The first-order chi connectivity index (χ1) is 30.4. The summed E-state index contributed by atoms with van der Waals surface area (Å²) in [6.07, 6.45) is 8.51. The van der Waals surface area contributed by atoms with E-state index in [1.54, 1.807) is 43.9 Å². The van der Waals surface area contributed by atoms with Gasteiger partial charge in [-0.3, -0.25) is 28.5 Å². The second-order valence-corrected chi connectivity index (χ2v) is 22.9. The molecular weight excluding hydrogens is 851 g/mol. The lowest BCUT2D eigenvalue weighted by Gasteiger charge is -2.29. The summed E-state index contributed by atoms with van der Waals surface area (Å²) in [5.41, 5.74) is 2.57. The largest absolute Gasteiger partial charge is 0.460 e. The number of para-hydroxylation sites is 1. The molecule has 2 aromatic heterocycles. The quantitative estimate of drug-likeness (QED) is 0.114. The van der Waals surface area contributed by atoms with Gasteiger partial charge in [-0.05, 0) is 104 Å². The van der Waals surface area contributed by atoms with E-state index >= 15 is 0 Å². The molecule has 1 saturated heterocycles. The van der Waals surface area contributed by atoms with Gasteiger partial charge in [0.15, 0.2) is 5.78 Å². The van der Waals surface area contributed by atoms with Crippen LogP contribution >= 0.6 is 11.3 Å². The summed E-state index contributed by atoms with van der Waals surface area (Å²) < 4.78 is 42.5. The van der Waals surface area contributed by atoms with Gasteiger partial charge in [0.2, 0.25) is 21.8 Å². The van der Waals surface area contributed by atoms with Crippen molar-refractivity contribution in [2.75, 3.05) is 6.54 Å². The summed E-state index contributed by atoms with van der Waals surface area (Å²) in [7, 11) is -3.96. The van der Waals surface area contributed by atoms with Gasteiger partial charge in [-0.25, -0.2) is 13.4 Å². The second-order valence-electron chi connectivity index (χ2n) is 19.9. The van der Waals surface area contributed by atoms with Crippen LogP contribution in [0.5, 0.6) is 6.01 Å². The molecule has 2 aliphatic carbocycles. The first kappa shape index (κ1) is 45.7. The van der Waals surface area contributed by atoms with Crippen molar-refractivity contribution >= 4 is 56.0 Å². The van der Waals surface area contributed by atoms with Crippen LogP contribution in [0.4, 0.5) is 0 Å². The molecule has 4 aromatic rings. The van der Waals surface area contributed by atoms with Crippen molar-refractivity contribution in [3.63, 3.8) is 0 Å². The topological polar surface area (TPSA) is 167 Å². The van der Waals surface area contributed by atoms with E-state index in [4.69, 9.17) is 19.4 Å². The Morgan fingerprint density at radius 3 is 2.50 bits per heavy atom. The van der Waals surface area contributed by atoms with Gasteiger partial charge in [-0.1, -0.05) is 61.4 Å². The predicted molar refractivity (Wildman–Crippen MR) is 246 cm³/mol. The van der Waals surface area contributed by atoms with Gasteiger partial charge in [0.1, 0.15) is 22.2 Å². The number of imidazole rings is 1. The number of ether oxygens (including phenoxy) is 2. The van der Waals surface area contributed by atoms with Crippen molar-refractivity contribution in [1.29, 1.82) is 0 Å². The number of sulfonamides is 1. The zero-order chi connectivity index (χ0) is 45.6. The lowest BCUT2D eigenvalue weighted by molar-refractivity contribution is -0.159. The molecule has 4 heterocycles. The molecule has 4 aliphatic rings. The van der Waals surface area contributed by atoms with Gasteiger partial charge in [0.05, 0.1) is 40.4 Å². The van der Waals surface area contributed by atoms with E-state index in [1.165, 1.54) is 5.56 Å². The minimum absolute atomic E-state index is 0.0544. The van der Waals surface area contributed by atoms with E-state index in [0.29, 0.717) is 44.5 Å². The Hall–Kier alpha value is -4.89. The molecule has 8 rings (SSSR count). The number of nitrogens with zero attached hydrogens (tertiary/aromatic N) is 4. The Bertz CT molecular complexity index is 2550. The smallest absolute Gasteiger partial charge is 0.307 e. The Kier molecular flexibility index (Phi) is 12.7. The number of carbonyl (C=O) groups excluding carboxylic acids is 4. The van der Waals surface area contributed by atoms with Crippen molar-refractivity contribution in [3.05, 3.63) is 77.3 Å². The summed E-state index contributed by atoms with van der Waals surface area (Å²) in [5.74, 6) is -2.92. The molecule has 2 aliphatic heterocycles. The van der Waals surface area contributed by atoms with Crippen LogP contribution in [0, 0.1) is 17.3 Å². The highest BCUT2D eigenvalue weighted by atomic mass is 32.2. The maximum absolute atomic E-state index is 14.9. The zero-order valence-corrected chi connectivity index (χ0v) is 39.4.